The molecule has 34 heavy (non-hydrogen) atoms. The van der Waals surface area contributed by atoms with Crippen molar-refractivity contribution in [1.82, 2.24) is 29.5 Å². The third-order valence-electron chi connectivity index (χ3n) is 5.62. The van der Waals surface area contributed by atoms with E-state index in [1.54, 1.807) is 29.8 Å². The molecule has 0 unspecified atom stereocenters. The Labute approximate surface area is 208 Å². The van der Waals surface area contributed by atoms with Crippen LogP contribution in [-0.4, -0.2) is 35.4 Å². The molecule has 0 aliphatic heterocycles. The van der Waals surface area contributed by atoms with Gasteiger partial charge in [-0.1, -0.05) is 24.3 Å². The largest absolute Gasteiger partial charge is 0.306 e. The maximum atomic E-state index is 12.9. The zero-order valence-electron chi connectivity index (χ0n) is 18.6. The normalized spacial score (nSPS) is 11.2. The SMILES string of the molecule is Cc1cc(NC(=O)c2ccccc2I)n(-c2nc3c(cnn3-c3cccc(C)c3C)c(=O)[nH]2)n1. The van der Waals surface area contributed by atoms with Crippen LogP contribution in [0.4, 0.5) is 5.82 Å². The molecule has 0 aliphatic rings. The Morgan fingerprint density at radius 2 is 1.85 bits per heavy atom. The van der Waals surface area contributed by atoms with Crippen LogP contribution in [0.3, 0.4) is 0 Å². The average Bonchev–Trinajstić information content (AvgIpc) is 3.39. The van der Waals surface area contributed by atoms with Gasteiger partial charge in [-0.05, 0) is 72.7 Å². The van der Waals surface area contributed by atoms with Gasteiger partial charge < -0.3 is 5.32 Å². The lowest BCUT2D eigenvalue weighted by Crippen LogP contribution is -2.19. The lowest BCUT2D eigenvalue weighted by Gasteiger charge is -2.11. The summed E-state index contributed by atoms with van der Waals surface area (Å²) in [5.74, 6) is 0.285. The first-order chi connectivity index (χ1) is 16.3. The molecular weight excluding hydrogens is 545 g/mol. The van der Waals surface area contributed by atoms with E-state index >= 15 is 0 Å². The Morgan fingerprint density at radius 1 is 1.06 bits per heavy atom. The summed E-state index contributed by atoms with van der Waals surface area (Å²) in [4.78, 5) is 33.2. The number of nitrogens with zero attached hydrogens (tertiary/aromatic N) is 5. The van der Waals surface area contributed by atoms with Crippen LogP contribution < -0.4 is 10.9 Å². The Morgan fingerprint density at radius 3 is 2.65 bits per heavy atom. The molecule has 1 amide bonds. The zero-order valence-corrected chi connectivity index (χ0v) is 20.8. The number of benzene rings is 2. The monoisotopic (exact) mass is 565 g/mol. The Hall–Kier alpha value is -3.80. The van der Waals surface area contributed by atoms with Crippen molar-refractivity contribution in [3.63, 3.8) is 0 Å². The number of anilines is 1. The van der Waals surface area contributed by atoms with Gasteiger partial charge in [-0.25, -0.2) is 4.68 Å². The van der Waals surface area contributed by atoms with E-state index in [-0.39, 0.29) is 17.4 Å². The number of hydrogen-bond donors (Lipinski definition) is 2. The third kappa shape index (κ3) is 3.79. The van der Waals surface area contributed by atoms with Crippen LogP contribution in [0.1, 0.15) is 27.2 Å². The molecule has 0 saturated heterocycles. The summed E-state index contributed by atoms with van der Waals surface area (Å²) in [6.07, 6.45) is 1.50. The Bertz CT molecular complexity index is 1630. The van der Waals surface area contributed by atoms with Crippen LogP contribution in [0.15, 0.2) is 59.5 Å². The van der Waals surface area contributed by atoms with E-state index in [0.717, 1.165) is 20.4 Å². The molecule has 0 bridgehead atoms. The first-order valence-electron chi connectivity index (χ1n) is 10.5. The first kappa shape index (κ1) is 22.0. The predicted molar refractivity (Wildman–Crippen MR) is 138 cm³/mol. The second kappa shape index (κ2) is 8.52. The fourth-order valence-electron chi connectivity index (χ4n) is 3.73. The number of halogens is 1. The molecule has 0 atom stereocenters. The van der Waals surface area contributed by atoms with E-state index in [9.17, 15) is 9.59 Å². The smallest absolute Gasteiger partial charge is 0.263 e. The van der Waals surface area contributed by atoms with Gasteiger partial charge in [0.1, 0.15) is 11.2 Å². The molecule has 170 valence electrons. The van der Waals surface area contributed by atoms with Crippen molar-refractivity contribution in [1.29, 1.82) is 0 Å². The minimum absolute atomic E-state index is 0.177. The molecule has 0 spiro atoms. The average molecular weight is 565 g/mol. The molecule has 5 aromatic rings. The van der Waals surface area contributed by atoms with Crippen LogP contribution in [0.2, 0.25) is 0 Å². The highest BCUT2D eigenvalue weighted by atomic mass is 127. The van der Waals surface area contributed by atoms with Gasteiger partial charge in [-0.2, -0.15) is 19.9 Å². The van der Waals surface area contributed by atoms with Gasteiger partial charge in [0.15, 0.2) is 5.65 Å². The first-order valence-corrected chi connectivity index (χ1v) is 11.6. The highest BCUT2D eigenvalue weighted by Gasteiger charge is 2.18. The van der Waals surface area contributed by atoms with Crippen LogP contribution in [0.5, 0.6) is 0 Å². The number of aromatic nitrogens is 6. The molecule has 2 N–H and O–H groups in total. The van der Waals surface area contributed by atoms with Crippen molar-refractivity contribution >= 4 is 45.3 Å². The number of carbonyl (C=O) groups is 1. The molecule has 3 aromatic heterocycles. The summed E-state index contributed by atoms with van der Waals surface area (Å²) >= 11 is 2.12. The van der Waals surface area contributed by atoms with E-state index in [4.69, 9.17) is 0 Å². The summed E-state index contributed by atoms with van der Waals surface area (Å²) in [6, 6.07) is 14.9. The number of hydrogen-bond acceptors (Lipinski definition) is 5. The quantitative estimate of drug-likeness (QED) is 0.319. The van der Waals surface area contributed by atoms with Crippen molar-refractivity contribution in [2.75, 3.05) is 5.32 Å². The lowest BCUT2D eigenvalue weighted by molar-refractivity contribution is 0.102. The van der Waals surface area contributed by atoms with Gasteiger partial charge in [-0.3, -0.25) is 14.6 Å². The van der Waals surface area contributed by atoms with Crippen LogP contribution >= 0.6 is 22.6 Å². The minimum atomic E-state index is -0.348. The van der Waals surface area contributed by atoms with Crippen molar-refractivity contribution < 1.29 is 4.79 Å². The number of fused-ring (bicyclic) bond motifs is 1. The number of rotatable bonds is 4. The number of carbonyl (C=O) groups excluding carboxylic acids is 1. The molecule has 2 aromatic carbocycles. The van der Waals surface area contributed by atoms with Crippen LogP contribution in [-0.2, 0) is 0 Å². The number of nitrogens with one attached hydrogen (secondary N) is 2. The minimum Gasteiger partial charge on any atom is -0.306 e. The molecule has 0 saturated carbocycles. The van der Waals surface area contributed by atoms with Crippen molar-refractivity contribution in [3.8, 4) is 11.6 Å². The predicted octanol–water partition coefficient (Wildman–Crippen LogP) is 4.08. The molecular formula is C24H20IN7O2. The van der Waals surface area contributed by atoms with E-state index in [1.807, 2.05) is 44.2 Å². The fraction of sp³-hybridized carbons (Fsp3) is 0.125. The van der Waals surface area contributed by atoms with E-state index in [2.05, 4.69) is 48.1 Å². The number of H-pyrrole nitrogens is 1. The summed E-state index contributed by atoms with van der Waals surface area (Å²) in [5, 5.41) is 12.1. The van der Waals surface area contributed by atoms with Crippen molar-refractivity contribution in [2.45, 2.75) is 20.8 Å². The molecule has 0 radical (unpaired) electrons. The molecule has 0 fully saturated rings. The maximum Gasteiger partial charge on any atom is 0.263 e. The topological polar surface area (TPSA) is 110 Å². The highest BCUT2D eigenvalue weighted by Crippen LogP contribution is 2.22. The number of amides is 1. The van der Waals surface area contributed by atoms with E-state index in [1.165, 1.54) is 10.9 Å². The van der Waals surface area contributed by atoms with Gasteiger partial charge in [0.05, 0.1) is 23.1 Å². The maximum absolute atomic E-state index is 12.9. The van der Waals surface area contributed by atoms with Crippen LogP contribution in [0.25, 0.3) is 22.7 Å². The third-order valence-corrected chi connectivity index (χ3v) is 6.56. The standard InChI is InChI=1S/C24H20IN7O2/c1-13-7-6-10-19(15(13)3)31-21-17(12-26-31)23(34)29-24(28-21)32-20(11-14(2)30-32)27-22(33)16-8-4-5-9-18(16)25/h4-12H,1-3H3,(H,27,33)(H,28,29,34). The fourth-order valence-corrected chi connectivity index (χ4v) is 4.36. The summed E-state index contributed by atoms with van der Waals surface area (Å²) in [5.41, 5.74) is 4.23. The molecule has 5 rings (SSSR count). The molecule has 3 heterocycles. The Kier molecular flexibility index (Phi) is 5.52. The number of aryl methyl sites for hydroxylation is 2. The van der Waals surface area contributed by atoms with Gasteiger partial charge >= 0.3 is 0 Å². The van der Waals surface area contributed by atoms with Gasteiger partial charge in [0, 0.05) is 9.64 Å². The molecule has 10 heteroatoms. The van der Waals surface area contributed by atoms with E-state index in [0.29, 0.717) is 28.1 Å². The van der Waals surface area contributed by atoms with E-state index < -0.39 is 0 Å². The van der Waals surface area contributed by atoms with Gasteiger partial charge in [0.25, 0.3) is 11.5 Å². The summed E-state index contributed by atoms with van der Waals surface area (Å²) in [7, 11) is 0. The zero-order chi connectivity index (χ0) is 24.0. The highest BCUT2D eigenvalue weighted by molar-refractivity contribution is 14.1. The van der Waals surface area contributed by atoms with Gasteiger partial charge in [-0.15, -0.1) is 0 Å². The van der Waals surface area contributed by atoms with Crippen molar-refractivity contribution in [3.05, 3.63) is 91.0 Å². The van der Waals surface area contributed by atoms with Crippen molar-refractivity contribution in [2.24, 2.45) is 0 Å². The van der Waals surface area contributed by atoms with Gasteiger partial charge in [0.2, 0.25) is 5.95 Å². The Balaban J connectivity index is 1.62. The summed E-state index contributed by atoms with van der Waals surface area (Å²) < 4.78 is 3.90. The second-order valence-corrected chi connectivity index (χ2v) is 9.08. The lowest BCUT2D eigenvalue weighted by atomic mass is 10.1. The molecule has 0 aliphatic carbocycles. The molecule has 9 nitrogen and oxygen atoms in total. The second-order valence-electron chi connectivity index (χ2n) is 7.92. The summed E-state index contributed by atoms with van der Waals surface area (Å²) in [6.45, 7) is 5.82. The number of aromatic amines is 1. The van der Waals surface area contributed by atoms with Crippen LogP contribution in [0, 0.1) is 24.3 Å².